The highest BCUT2D eigenvalue weighted by molar-refractivity contribution is 9.10. The monoisotopic (exact) mass is 531 g/mol. The summed E-state index contributed by atoms with van der Waals surface area (Å²) < 4.78 is 16.6. The molecule has 0 atom stereocenters. The molecule has 2 amide bonds. The number of carbonyl (C=O) groups excluding carboxylic acids is 2. The molecule has 0 spiro atoms. The summed E-state index contributed by atoms with van der Waals surface area (Å²) in [6.45, 7) is 0.924. The summed E-state index contributed by atoms with van der Waals surface area (Å²) in [5, 5.41) is 8.36. The van der Waals surface area contributed by atoms with Crippen LogP contribution in [0.1, 0.15) is 26.5 Å². The van der Waals surface area contributed by atoms with E-state index in [2.05, 4.69) is 31.9 Å². The second-order valence-electron chi connectivity index (χ2n) is 6.70. The van der Waals surface area contributed by atoms with Gasteiger partial charge in [0.25, 0.3) is 11.8 Å². The first-order chi connectivity index (χ1) is 16.0. The van der Waals surface area contributed by atoms with Crippen molar-refractivity contribution >= 4 is 50.8 Å². The Balaban J connectivity index is 1.66. The van der Waals surface area contributed by atoms with Crippen molar-refractivity contribution in [1.82, 2.24) is 10.6 Å². The molecular weight excluding hydrogens is 510 g/mol. The van der Waals surface area contributed by atoms with Gasteiger partial charge < -0.3 is 24.5 Å². The Morgan fingerprint density at radius 1 is 1.03 bits per heavy atom. The number of thiocarbonyl (C=S) groups is 1. The van der Waals surface area contributed by atoms with Gasteiger partial charge >= 0.3 is 0 Å². The molecule has 1 heterocycles. The fourth-order valence-electron chi connectivity index (χ4n) is 2.83. The maximum Gasteiger partial charge on any atom is 0.261 e. The molecule has 172 valence electrons. The minimum absolute atomic E-state index is 0.0362. The summed E-state index contributed by atoms with van der Waals surface area (Å²) in [6.07, 6.45) is 1.54. The molecule has 3 N–H and O–H groups in total. The van der Waals surface area contributed by atoms with Crippen LogP contribution in [-0.4, -0.2) is 37.3 Å². The normalized spacial score (nSPS) is 10.4. The third-order valence-electron chi connectivity index (χ3n) is 4.38. The van der Waals surface area contributed by atoms with Crippen molar-refractivity contribution in [3.05, 3.63) is 82.2 Å². The summed E-state index contributed by atoms with van der Waals surface area (Å²) in [7, 11) is 1.57. The summed E-state index contributed by atoms with van der Waals surface area (Å²) in [4.78, 5) is 25.5. The highest BCUT2D eigenvalue weighted by Crippen LogP contribution is 2.23. The van der Waals surface area contributed by atoms with Gasteiger partial charge in [0.2, 0.25) is 0 Å². The number of benzene rings is 2. The van der Waals surface area contributed by atoms with Gasteiger partial charge in [-0.1, -0.05) is 28.1 Å². The molecule has 0 saturated heterocycles. The minimum atomic E-state index is -0.457. The number of nitrogens with one attached hydrogen (secondary N) is 3. The Morgan fingerprint density at radius 2 is 1.85 bits per heavy atom. The average Bonchev–Trinajstić information content (AvgIpc) is 3.32. The summed E-state index contributed by atoms with van der Waals surface area (Å²) in [5.41, 5.74) is 1.12. The van der Waals surface area contributed by atoms with Gasteiger partial charge in [0, 0.05) is 11.6 Å². The first kappa shape index (κ1) is 24.4. The van der Waals surface area contributed by atoms with Gasteiger partial charge in [0.15, 0.2) is 5.11 Å². The zero-order valence-corrected chi connectivity index (χ0v) is 20.1. The lowest BCUT2D eigenvalue weighted by atomic mass is 10.1. The molecule has 3 rings (SSSR count). The predicted molar refractivity (Wildman–Crippen MR) is 132 cm³/mol. The number of amides is 2. The van der Waals surface area contributed by atoms with Crippen LogP contribution in [-0.2, 0) is 11.3 Å². The number of para-hydroxylation sites is 1. The lowest BCUT2D eigenvalue weighted by molar-refractivity contribution is 0.0946. The van der Waals surface area contributed by atoms with Crippen LogP contribution in [0.25, 0.3) is 0 Å². The van der Waals surface area contributed by atoms with Gasteiger partial charge in [0.1, 0.15) is 18.1 Å². The van der Waals surface area contributed by atoms with Crippen LogP contribution in [0.15, 0.2) is 69.8 Å². The van der Waals surface area contributed by atoms with Crippen LogP contribution >= 0.6 is 28.1 Å². The lowest BCUT2D eigenvalue weighted by Gasteiger charge is -2.15. The van der Waals surface area contributed by atoms with Crippen molar-refractivity contribution in [1.29, 1.82) is 0 Å². The maximum absolute atomic E-state index is 12.8. The van der Waals surface area contributed by atoms with E-state index >= 15 is 0 Å². The SMILES string of the molecule is COCCOc1ccc(Br)cc1C(=O)NC(=S)Nc1ccccc1C(=O)NCc1ccco1. The summed E-state index contributed by atoms with van der Waals surface area (Å²) in [5.74, 6) is 0.257. The van der Waals surface area contributed by atoms with E-state index < -0.39 is 5.91 Å². The molecule has 1 aromatic heterocycles. The summed E-state index contributed by atoms with van der Waals surface area (Å²) in [6, 6.07) is 15.4. The van der Waals surface area contributed by atoms with Crippen LogP contribution < -0.4 is 20.7 Å². The number of rotatable bonds is 9. The molecule has 0 radical (unpaired) electrons. The number of anilines is 1. The van der Waals surface area contributed by atoms with E-state index in [-0.39, 0.29) is 17.6 Å². The number of furan rings is 1. The van der Waals surface area contributed by atoms with Crippen molar-refractivity contribution in [2.45, 2.75) is 6.54 Å². The topological polar surface area (TPSA) is 102 Å². The van der Waals surface area contributed by atoms with Gasteiger partial charge in [0.05, 0.1) is 36.2 Å². The van der Waals surface area contributed by atoms with E-state index in [1.165, 1.54) is 6.26 Å². The molecule has 0 fully saturated rings. The van der Waals surface area contributed by atoms with Gasteiger partial charge in [-0.25, -0.2) is 0 Å². The molecule has 2 aromatic carbocycles. The third kappa shape index (κ3) is 7.14. The van der Waals surface area contributed by atoms with E-state index in [0.717, 1.165) is 0 Å². The molecule has 10 heteroatoms. The fraction of sp³-hybridized carbons (Fsp3) is 0.174. The second-order valence-corrected chi connectivity index (χ2v) is 8.02. The van der Waals surface area contributed by atoms with Gasteiger partial charge in [-0.3, -0.25) is 14.9 Å². The molecular formula is C23H22BrN3O5S. The number of ether oxygens (including phenoxy) is 2. The average molecular weight is 532 g/mol. The molecule has 0 unspecified atom stereocenters. The largest absolute Gasteiger partial charge is 0.490 e. The Labute approximate surface area is 204 Å². The van der Waals surface area contributed by atoms with Crippen LogP contribution in [0.4, 0.5) is 5.69 Å². The molecule has 0 aliphatic rings. The Hall–Kier alpha value is -3.21. The highest BCUT2D eigenvalue weighted by atomic mass is 79.9. The number of methoxy groups -OCH3 is 1. The van der Waals surface area contributed by atoms with Gasteiger partial charge in [-0.2, -0.15) is 0 Å². The number of carbonyl (C=O) groups is 2. The molecule has 0 aliphatic carbocycles. The smallest absolute Gasteiger partial charge is 0.261 e. The highest BCUT2D eigenvalue weighted by Gasteiger charge is 2.17. The zero-order valence-electron chi connectivity index (χ0n) is 17.7. The quantitative estimate of drug-likeness (QED) is 0.282. The lowest BCUT2D eigenvalue weighted by Crippen LogP contribution is -2.35. The number of hydrogen-bond acceptors (Lipinski definition) is 6. The molecule has 0 bridgehead atoms. The van der Waals surface area contributed by atoms with Crippen molar-refractivity contribution in [2.75, 3.05) is 25.6 Å². The van der Waals surface area contributed by atoms with Crippen LogP contribution in [0.5, 0.6) is 5.75 Å². The molecule has 0 saturated carbocycles. The van der Waals surface area contributed by atoms with Crippen molar-refractivity contribution < 1.29 is 23.5 Å². The van der Waals surface area contributed by atoms with Gasteiger partial charge in [-0.15, -0.1) is 0 Å². The van der Waals surface area contributed by atoms with E-state index in [1.54, 1.807) is 61.7 Å². The van der Waals surface area contributed by atoms with E-state index in [0.29, 0.717) is 46.0 Å². The summed E-state index contributed by atoms with van der Waals surface area (Å²) >= 11 is 8.67. The van der Waals surface area contributed by atoms with Crippen molar-refractivity contribution in [3.8, 4) is 5.75 Å². The third-order valence-corrected chi connectivity index (χ3v) is 5.08. The molecule has 0 aliphatic heterocycles. The molecule has 8 nitrogen and oxygen atoms in total. The van der Waals surface area contributed by atoms with Gasteiger partial charge in [-0.05, 0) is 54.7 Å². The van der Waals surface area contributed by atoms with E-state index in [4.69, 9.17) is 26.1 Å². The minimum Gasteiger partial charge on any atom is -0.490 e. The van der Waals surface area contributed by atoms with Crippen LogP contribution in [0.2, 0.25) is 0 Å². The maximum atomic E-state index is 12.8. The number of hydrogen-bond donors (Lipinski definition) is 3. The fourth-order valence-corrected chi connectivity index (χ4v) is 3.39. The Kier molecular flexibility index (Phi) is 8.99. The zero-order chi connectivity index (χ0) is 23.6. The molecule has 33 heavy (non-hydrogen) atoms. The first-order valence-corrected chi connectivity index (χ1v) is 11.1. The molecule has 3 aromatic rings. The standard InChI is InChI=1S/C23H22BrN3O5S/c1-30-11-12-32-20-9-8-15(24)13-18(20)22(29)27-23(33)26-19-7-3-2-6-17(19)21(28)25-14-16-5-4-10-31-16/h2-10,13H,11-12,14H2,1H3,(H,25,28)(H2,26,27,29,33). The Morgan fingerprint density at radius 3 is 2.61 bits per heavy atom. The van der Waals surface area contributed by atoms with E-state index in [1.807, 2.05) is 0 Å². The van der Waals surface area contributed by atoms with Crippen LogP contribution in [0.3, 0.4) is 0 Å². The Bertz CT molecular complexity index is 1120. The number of halogens is 1. The predicted octanol–water partition coefficient (Wildman–Crippen LogP) is 4.12. The van der Waals surface area contributed by atoms with Crippen molar-refractivity contribution in [2.24, 2.45) is 0 Å². The van der Waals surface area contributed by atoms with E-state index in [9.17, 15) is 9.59 Å². The van der Waals surface area contributed by atoms with Crippen LogP contribution in [0, 0.1) is 0 Å². The first-order valence-electron chi connectivity index (χ1n) is 9.91. The second kappa shape index (κ2) is 12.1. The van der Waals surface area contributed by atoms with Crippen molar-refractivity contribution in [3.63, 3.8) is 0 Å².